The SMILES string of the molecule is O=C1Nc2ccc(F)cc2/C1=C/C1=CC(F)=C2C=CC=CCC12. The molecule has 1 aliphatic heterocycles. The van der Waals surface area contributed by atoms with Gasteiger partial charge < -0.3 is 5.32 Å². The molecule has 1 heterocycles. The van der Waals surface area contributed by atoms with E-state index in [-0.39, 0.29) is 17.7 Å². The van der Waals surface area contributed by atoms with Crippen molar-refractivity contribution < 1.29 is 13.6 Å². The monoisotopic (exact) mass is 309 g/mol. The summed E-state index contributed by atoms with van der Waals surface area (Å²) in [7, 11) is 0. The zero-order chi connectivity index (χ0) is 16.0. The molecular weight excluding hydrogens is 296 g/mol. The average molecular weight is 309 g/mol. The molecule has 23 heavy (non-hydrogen) atoms. The van der Waals surface area contributed by atoms with Gasteiger partial charge in [-0.2, -0.15) is 0 Å². The summed E-state index contributed by atoms with van der Waals surface area (Å²) in [5.74, 6) is -1.08. The van der Waals surface area contributed by atoms with Gasteiger partial charge in [-0.15, -0.1) is 0 Å². The first-order valence-corrected chi connectivity index (χ1v) is 7.41. The average Bonchev–Trinajstić information content (AvgIpc) is 2.86. The number of halogens is 2. The van der Waals surface area contributed by atoms with Crippen LogP contribution in [-0.2, 0) is 4.79 Å². The predicted octanol–water partition coefficient (Wildman–Crippen LogP) is 4.46. The number of rotatable bonds is 1. The number of carbonyl (C=O) groups excluding carboxylic acids is 1. The van der Waals surface area contributed by atoms with Crippen molar-refractivity contribution in [2.45, 2.75) is 6.42 Å². The van der Waals surface area contributed by atoms with Gasteiger partial charge in [0.05, 0.1) is 0 Å². The largest absolute Gasteiger partial charge is 0.321 e. The maximum Gasteiger partial charge on any atom is 0.256 e. The third-order valence-electron chi connectivity index (χ3n) is 4.32. The van der Waals surface area contributed by atoms with E-state index in [1.807, 2.05) is 18.2 Å². The van der Waals surface area contributed by atoms with Gasteiger partial charge in [0.2, 0.25) is 0 Å². The van der Waals surface area contributed by atoms with Crippen LogP contribution in [0.3, 0.4) is 0 Å². The van der Waals surface area contributed by atoms with E-state index in [4.69, 9.17) is 0 Å². The Morgan fingerprint density at radius 3 is 2.96 bits per heavy atom. The summed E-state index contributed by atoms with van der Waals surface area (Å²) in [6, 6.07) is 4.16. The van der Waals surface area contributed by atoms with Crippen molar-refractivity contribution in [1.82, 2.24) is 0 Å². The molecule has 2 nitrogen and oxygen atoms in total. The van der Waals surface area contributed by atoms with Gasteiger partial charge in [-0.1, -0.05) is 24.3 Å². The van der Waals surface area contributed by atoms with E-state index >= 15 is 0 Å². The third kappa shape index (κ3) is 2.27. The van der Waals surface area contributed by atoms with Crippen LogP contribution >= 0.6 is 0 Å². The van der Waals surface area contributed by atoms with Gasteiger partial charge in [0.25, 0.3) is 5.91 Å². The molecule has 4 heteroatoms. The van der Waals surface area contributed by atoms with Crippen LogP contribution < -0.4 is 5.32 Å². The van der Waals surface area contributed by atoms with Gasteiger partial charge in [-0.05, 0) is 47.9 Å². The Hall–Kier alpha value is -2.75. The summed E-state index contributed by atoms with van der Waals surface area (Å²) < 4.78 is 27.6. The van der Waals surface area contributed by atoms with Crippen LogP contribution in [0.1, 0.15) is 12.0 Å². The molecule has 114 valence electrons. The Balaban J connectivity index is 1.76. The molecule has 0 radical (unpaired) electrons. The number of amides is 1. The highest BCUT2D eigenvalue weighted by Gasteiger charge is 2.29. The Labute approximate surface area is 132 Å². The van der Waals surface area contributed by atoms with Crippen molar-refractivity contribution in [3.05, 3.63) is 83.0 Å². The number of hydrogen-bond donors (Lipinski definition) is 1. The smallest absolute Gasteiger partial charge is 0.256 e. The quantitative estimate of drug-likeness (QED) is 0.763. The van der Waals surface area contributed by atoms with Gasteiger partial charge in [0.1, 0.15) is 11.6 Å². The zero-order valence-electron chi connectivity index (χ0n) is 12.1. The number of fused-ring (bicyclic) bond motifs is 2. The number of carbonyl (C=O) groups is 1. The summed E-state index contributed by atoms with van der Waals surface area (Å²) >= 11 is 0. The molecule has 0 aromatic heterocycles. The molecule has 1 amide bonds. The summed E-state index contributed by atoms with van der Waals surface area (Å²) in [5, 5.41) is 2.71. The molecule has 2 aliphatic carbocycles. The first kappa shape index (κ1) is 13.9. The fourth-order valence-corrected chi connectivity index (χ4v) is 3.20. The minimum absolute atomic E-state index is 0.108. The van der Waals surface area contributed by atoms with Crippen molar-refractivity contribution in [2.75, 3.05) is 5.32 Å². The Kier molecular flexibility index (Phi) is 3.11. The minimum atomic E-state index is -0.406. The van der Waals surface area contributed by atoms with E-state index in [1.165, 1.54) is 24.3 Å². The molecule has 1 unspecified atom stereocenters. The molecule has 0 fully saturated rings. The molecular formula is C19H13F2NO. The van der Waals surface area contributed by atoms with Gasteiger partial charge in [-0.3, -0.25) is 4.79 Å². The van der Waals surface area contributed by atoms with Crippen LogP contribution in [0.15, 0.2) is 71.6 Å². The van der Waals surface area contributed by atoms with Crippen LogP contribution in [-0.4, -0.2) is 5.91 Å². The molecule has 0 saturated carbocycles. The number of benzene rings is 1. The number of hydrogen-bond acceptors (Lipinski definition) is 1. The number of allylic oxidation sites excluding steroid dienone is 9. The molecule has 3 aliphatic rings. The molecule has 1 N–H and O–H groups in total. The van der Waals surface area contributed by atoms with Crippen molar-refractivity contribution in [3.63, 3.8) is 0 Å². The van der Waals surface area contributed by atoms with Gasteiger partial charge in [-0.25, -0.2) is 8.78 Å². The molecule has 0 saturated heterocycles. The van der Waals surface area contributed by atoms with Crippen LogP contribution in [0.5, 0.6) is 0 Å². The van der Waals surface area contributed by atoms with E-state index in [1.54, 1.807) is 12.2 Å². The minimum Gasteiger partial charge on any atom is -0.321 e. The molecule has 1 atom stereocenters. The van der Waals surface area contributed by atoms with Gasteiger partial charge >= 0.3 is 0 Å². The topological polar surface area (TPSA) is 29.1 Å². The van der Waals surface area contributed by atoms with Crippen LogP contribution in [0.4, 0.5) is 14.5 Å². The lowest BCUT2D eigenvalue weighted by atomic mass is 9.90. The van der Waals surface area contributed by atoms with Crippen molar-refractivity contribution in [1.29, 1.82) is 0 Å². The highest BCUT2D eigenvalue weighted by atomic mass is 19.1. The molecule has 0 spiro atoms. The lowest BCUT2D eigenvalue weighted by Crippen LogP contribution is -2.06. The predicted molar refractivity (Wildman–Crippen MR) is 85.6 cm³/mol. The highest BCUT2D eigenvalue weighted by molar-refractivity contribution is 6.31. The fourth-order valence-electron chi connectivity index (χ4n) is 3.20. The summed E-state index contributed by atoms with van der Waals surface area (Å²) in [4.78, 5) is 12.2. The van der Waals surface area contributed by atoms with Gasteiger partial charge in [0.15, 0.2) is 0 Å². The Morgan fingerprint density at radius 1 is 1.22 bits per heavy atom. The van der Waals surface area contributed by atoms with E-state index in [9.17, 15) is 13.6 Å². The maximum absolute atomic E-state index is 14.2. The molecule has 4 rings (SSSR count). The van der Waals surface area contributed by atoms with Gasteiger partial charge in [0, 0.05) is 22.7 Å². The highest BCUT2D eigenvalue weighted by Crippen LogP contribution is 2.41. The molecule has 1 aromatic rings. The second-order valence-electron chi connectivity index (χ2n) is 5.73. The van der Waals surface area contributed by atoms with E-state index in [2.05, 4.69) is 5.32 Å². The van der Waals surface area contributed by atoms with E-state index in [0.29, 0.717) is 28.8 Å². The number of nitrogens with one attached hydrogen (secondary N) is 1. The van der Waals surface area contributed by atoms with Crippen LogP contribution in [0.2, 0.25) is 0 Å². The number of anilines is 1. The van der Waals surface area contributed by atoms with Crippen molar-refractivity contribution in [2.24, 2.45) is 5.92 Å². The summed E-state index contributed by atoms with van der Waals surface area (Å²) in [6.07, 6.45) is 11.2. The Bertz CT molecular complexity index is 871. The van der Waals surface area contributed by atoms with E-state index in [0.717, 1.165) is 5.57 Å². The Morgan fingerprint density at radius 2 is 2.09 bits per heavy atom. The maximum atomic E-state index is 14.2. The van der Waals surface area contributed by atoms with Crippen LogP contribution in [0.25, 0.3) is 5.57 Å². The normalized spacial score (nSPS) is 23.7. The van der Waals surface area contributed by atoms with Crippen molar-refractivity contribution >= 4 is 17.2 Å². The lowest BCUT2D eigenvalue weighted by molar-refractivity contribution is -0.110. The first-order chi connectivity index (χ1) is 11.1. The summed E-state index contributed by atoms with van der Waals surface area (Å²) in [5.41, 5.74) is 2.83. The second kappa shape index (κ2) is 5.16. The molecule has 1 aromatic carbocycles. The third-order valence-corrected chi connectivity index (χ3v) is 4.32. The molecule has 0 bridgehead atoms. The van der Waals surface area contributed by atoms with Crippen molar-refractivity contribution in [3.8, 4) is 0 Å². The van der Waals surface area contributed by atoms with Crippen LogP contribution in [0, 0.1) is 11.7 Å². The zero-order valence-corrected chi connectivity index (χ0v) is 12.1. The first-order valence-electron chi connectivity index (χ1n) is 7.41. The standard InChI is InChI=1S/C19H13F2NO/c20-12-6-7-18-15(10-12)16(19(23)22-18)8-11-9-17(21)14-5-3-1-2-4-13(11)14/h1-3,5-10,13H,4H2,(H,22,23)/b16-8-. The second-order valence-corrected chi connectivity index (χ2v) is 5.73. The van der Waals surface area contributed by atoms with E-state index < -0.39 is 5.82 Å². The fraction of sp³-hybridized carbons (Fsp3) is 0.105. The lowest BCUT2D eigenvalue weighted by Gasteiger charge is -2.12. The summed E-state index contributed by atoms with van der Waals surface area (Å²) in [6.45, 7) is 0.